The minimum absolute atomic E-state index is 0.122. The predicted octanol–water partition coefficient (Wildman–Crippen LogP) is 3.30. The van der Waals surface area contributed by atoms with Crippen LogP contribution in [0.25, 0.3) is 6.08 Å². The molecule has 26 heavy (non-hydrogen) atoms. The van der Waals surface area contributed by atoms with Crippen molar-refractivity contribution in [2.24, 2.45) is 0 Å². The Morgan fingerprint density at radius 1 is 1.19 bits per heavy atom. The van der Waals surface area contributed by atoms with Crippen LogP contribution in [0.15, 0.2) is 57.9 Å². The third kappa shape index (κ3) is 3.60. The van der Waals surface area contributed by atoms with Gasteiger partial charge in [-0.3, -0.25) is 4.79 Å². The second-order valence-corrected chi connectivity index (χ2v) is 9.18. The van der Waals surface area contributed by atoms with Crippen LogP contribution < -0.4 is 4.90 Å². The molecule has 2 aromatic carbocycles. The summed E-state index contributed by atoms with van der Waals surface area (Å²) in [6, 6.07) is 12.6. The van der Waals surface area contributed by atoms with Gasteiger partial charge in [0, 0.05) is 36.9 Å². The molecule has 0 aromatic heterocycles. The molecule has 0 atom stereocenters. The Bertz CT molecular complexity index is 984. The van der Waals surface area contributed by atoms with Gasteiger partial charge in [0.15, 0.2) is 0 Å². The molecular formula is C19H19BrN2O3S. The minimum atomic E-state index is -3.48. The smallest absolute Gasteiger partial charge is 0.251 e. The molecule has 0 spiro atoms. The van der Waals surface area contributed by atoms with E-state index in [1.165, 1.54) is 18.4 Å². The van der Waals surface area contributed by atoms with Gasteiger partial charge in [-0.05, 0) is 47.9 Å². The summed E-state index contributed by atoms with van der Waals surface area (Å²) >= 11 is 3.46. The zero-order valence-electron chi connectivity index (χ0n) is 14.5. The van der Waals surface area contributed by atoms with Crippen molar-refractivity contribution in [1.82, 2.24) is 4.31 Å². The first-order valence-corrected chi connectivity index (χ1v) is 10.3. The maximum absolute atomic E-state index is 12.6. The number of fused-ring (bicyclic) bond motifs is 1. The molecule has 1 aliphatic heterocycles. The number of benzene rings is 2. The summed E-state index contributed by atoms with van der Waals surface area (Å²) in [4.78, 5) is 14.5. The van der Waals surface area contributed by atoms with E-state index in [9.17, 15) is 13.2 Å². The van der Waals surface area contributed by atoms with Crippen LogP contribution in [-0.4, -0.2) is 39.3 Å². The van der Waals surface area contributed by atoms with E-state index in [1.807, 2.05) is 24.3 Å². The lowest BCUT2D eigenvalue weighted by atomic mass is 10.2. The van der Waals surface area contributed by atoms with Crippen molar-refractivity contribution in [2.45, 2.75) is 11.3 Å². The second kappa shape index (κ2) is 7.34. The molecule has 0 unspecified atom stereocenters. The van der Waals surface area contributed by atoms with E-state index >= 15 is 0 Å². The summed E-state index contributed by atoms with van der Waals surface area (Å²) in [6.07, 6.45) is 3.95. The molecule has 0 aliphatic carbocycles. The van der Waals surface area contributed by atoms with Gasteiger partial charge in [0.2, 0.25) is 10.0 Å². The lowest BCUT2D eigenvalue weighted by molar-refractivity contribution is -0.114. The van der Waals surface area contributed by atoms with Crippen LogP contribution >= 0.6 is 15.9 Å². The molecule has 3 rings (SSSR count). The standard InChI is InChI=1S/C19H19BrN2O3S/c1-21(2)26(24,25)16-8-9-18-15(13-16)11-12-22(18)19(23)10-7-14-5-3-4-6-17(14)20/h3-10,13H,11-12H2,1-2H3/b10-7+. The number of nitrogens with zero attached hydrogens (tertiary/aromatic N) is 2. The van der Waals surface area contributed by atoms with E-state index in [0.717, 1.165) is 21.3 Å². The Morgan fingerprint density at radius 2 is 1.92 bits per heavy atom. The maximum Gasteiger partial charge on any atom is 0.251 e. The normalized spacial score (nSPS) is 14.2. The molecule has 2 aromatic rings. The molecule has 0 N–H and O–H groups in total. The first-order chi connectivity index (χ1) is 12.3. The molecule has 0 bridgehead atoms. The molecule has 5 nitrogen and oxygen atoms in total. The second-order valence-electron chi connectivity index (χ2n) is 6.17. The number of rotatable bonds is 4. The quantitative estimate of drug-likeness (QED) is 0.693. The van der Waals surface area contributed by atoms with Crippen LogP contribution in [-0.2, 0) is 21.2 Å². The molecule has 136 valence electrons. The Hall–Kier alpha value is -1.96. The maximum atomic E-state index is 12.6. The predicted molar refractivity (Wildman–Crippen MR) is 107 cm³/mol. The van der Waals surface area contributed by atoms with E-state index in [1.54, 1.807) is 35.3 Å². The van der Waals surface area contributed by atoms with Gasteiger partial charge in [0.1, 0.15) is 0 Å². The van der Waals surface area contributed by atoms with Crippen LogP contribution in [0, 0.1) is 0 Å². The molecule has 0 radical (unpaired) electrons. The summed E-state index contributed by atoms with van der Waals surface area (Å²) in [5, 5.41) is 0. The first-order valence-electron chi connectivity index (χ1n) is 8.10. The van der Waals surface area contributed by atoms with E-state index in [-0.39, 0.29) is 10.8 Å². The van der Waals surface area contributed by atoms with Gasteiger partial charge < -0.3 is 4.90 Å². The number of anilines is 1. The highest BCUT2D eigenvalue weighted by atomic mass is 79.9. The number of hydrogen-bond donors (Lipinski definition) is 0. The van der Waals surface area contributed by atoms with Crippen molar-refractivity contribution in [3.8, 4) is 0 Å². The number of amides is 1. The largest absolute Gasteiger partial charge is 0.308 e. The van der Waals surface area contributed by atoms with Gasteiger partial charge in [-0.15, -0.1) is 0 Å². The van der Waals surface area contributed by atoms with Crippen LogP contribution in [0.5, 0.6) is 0 Å². The topological polar surface area (TPSA) is 57.7 Å². The highest BCUT2D eigenvalue weighted by Crippen LogP contribution is 2.31. The third-order valence-corrected chi connectivity index (χ3v) is 6.84. The van der Waals surface area contributed by atoms with Crippen molar-refractivity contribution in [1.29, 1.82) is 0 Å². The van der Waals surface area contributed by atoms with E-state index in [4.69, 9.17) is 0 Å². The van der Waals surface area contributed by atoms with Crippen LogP contribution in [0.3, 0.4) is 0 Å². The van der Waals surface area contributed by atoms with Crippen molar-refractivity contribution in [2.75, 3.05) is 25.5 Å². The summed E-state index contributed by atoms with van der Waals surface area (Å²) < 4.78 is 26.6. The molecule has 0 saturated heterocycles. The molecule has 7 heteroatoms. The number of hydrogen-bond acceptors (Lipinski definition) is 3. The molecule has 1 amide bonds. The van der Waals surface area contributed by atoms with Crippen LogP contribution in [0.2, 0.25) is 0 Å². The Labute approximate surface area is 162 Å². The van der Waals surface area contributed by atoms with Crippen molar-refractivity contribution in [3.63, 3.8) is 0 Å². The summed E-state index contributed by atoms with van der Waals surface area (Å²) in [5.41, 5.74) is 2.56. The summed E-state index contributed by atoms with van der Waals surface area (Å²) in [5.74, 6) is -0.122. The average Bonchev–Trinajstić information content (AvgIpc) is 3.04. The van der Waals surface area contributed by atoms with Crippen molar-refractivity contribution < 1.29 is 13.2 Å². The highest BCUT2D eigenvalue weighted by molar-refractivity contribution is 9.10. The van der Waals surface area contributed by atoms with E-state index in [0.29, 0.717) is 13.0 Å². The zero-order chi connectivity index (χ0) is 18.9. The SMILES string of the molecule is CN(C)S(=O)(=O)c1ccc2c(c1)CCN2C(=O)/C=C/c1ccccc1Br. The lowest BCUT2D eigenvalue weighted by Gasteiger charge is -2.16. The van der Waals surface area contributed by atoms with Gasteiger partial charge in [-0.1, -0.05) is 34.1 Å². The number of carbonyl (C=O) groups excluding carboxylic acids is 1. The zero-order valence-corrected chi connectivity index (χ0v) is 16.9. The highest BCUT2D eigenvalue weighted by Gasteiger charge is 2.26. The Balaban J connectivity index is 1.84. The van der Waals surface area contributed by atoms with Gasteiger partial charge in [0.25, 0.3) is 5.91 Å². The first kappa shape index (κ1) is 18.8. The van der Waals surface area contributed by atoms with Crippen LogP contribution in [0.4, 0.5) is 5.69 Å². The fourth-order valence-electron chi connectivity index (χ4n) is 2.84. The van der Waals surface area contributed by atoms with E-state index < -0.39 is 10.0 Å². The van der Waals surface area contributed by atoms with Gasteiger partial charge >= 0.3 is 0 Å². The lowest BCUT2D eigenvalue weighted by Crippen LogP contribution is -2.27. The van der Waals surface area contributed by atoms with Crippen molar-refractivity contribution >= 4 is 43.6 Å². The molecule has 1 heterocycles. The molecular weight excluding hydrogens is 416 g/mol. The minimum Gasteiger partial charge on any atom is -0.308 e. The van der Waals surface area contributed by atoms with Crippen LogP contribution in [0.1, 0.15) is 11.1 Å². The summed E-state index contributed by atoms with van der Waals surface area (Å²) in [6.45, 7) is 0.542. The fraction of sp³-hybridized carbons (Fsp3) is 0.211. The molecule has 1 aliphatic rings. The van der Waals surface area contributed by atoms with E-state index in [2.05, 4.69) is 15.9 Å². The Morgan fingerprint density at radius 3 is 2.62 bits per heavy atom. The number of carbonyl (C=O) groups is 1. The monoisotopic (exact) mass is 434 g/mol. The van der Waals surface area contributed by atoms with Crippen molar-refractivity contribution in [3.05, 3.63) is 64.1 Å². The molecule has 0 saturated carbocycles. The third-order valence-electron chi connectivity index (χ3n) is 4.30. The van der Waals surface area contributed by atoms with Gasteiger partial charge in [0.05, 0.1) is 4.90 Å². The fourth-order valence-corrected chi connectivity index (χ4v) is 4.21. The number of halogens is 1. The molecule has 0 fully saturated rings. The summed E-state index contributed by atoms with van der Waals surface area (Å²) in [7, 11) is -0.467. The van der Waals surface area contributed by atoms with Gasteiger partial charge in [-0.2, -0.15) is 0 Å². The van der Waals surface area contributed by atoms with Gasteiger partial charge in [-0.25, -0.2) is 12.7 Å². The number of sulfonamides is 1. The average molecular weight is 435 g/mol. The Kier molecular flexibility index (Phi) is 5.32.